The second kappa shape index (κ2) is 6.91. The van der Waals surface area contributed by atoms with Crippen LogP contribution in [0, 0.1) is 11.8 Å². The number of nitrogens with zero attached hydrogens (tertiary/aromatic N) is 1. The number of hydrogen-bond acceptors (Lipinski definition) is 2. The molecule has 0 amide bonds. The molecule has 4 unspecified atom stereocenters. The van der Waals surface area contributed by atoms with Gasteiger partial charge in [-0.3, -0.25) is 0 Å². The van der Waals surface area contributed by atoms with E-state index in [1.54, 1.807) is 0 Å². The molecule has 2 nitrogen and oxygen atoms in total. The molecule has 0 bridgehead atoms. The quantitative estimate of drug-likeness (QED) is 0.826. The molecule has 0 aromatic rings. The Balaban J connectivity index is 1.81. The molecule has 0 spiro atoms. The molecule has 2 fully saturated rings. The van der Waals surface area contributed by atoms with Crippen molar-refractivity contribution < 1.29 is 0 Å². The van der Waals surface area contributed by atoms with Gasteiger partial charge in [-0.15, -0.1) is 0 Å². The molecule has 106 valence electrons. The molecule has 1 aliphatic carbocycles. The van der Waals surface area contributed by atoms with Gasteiger partial charge < -0.3 is 10.2 Å². The van der Waals surface area contributed by atoms with Gasteiger partial charge in [0.25, 0.3) is 0 Å². The molecular weight excluding hydrogens is 220 g/mol. The molecule has 4 atom stereocenters. The Hall–Kier alpha value is -0.0800. The molecule has 0 aromatic heterocycles. The molecule has 18 heavy (non-hydrogen) atoms. The fraction of sp³-hybridized carbons (Fsp3) is 1.00. The first-order valence-corrected chi connectivity index (χ1v) is 8.18. The lowest BCUT2D eigenvalue weighted by Gasteiger charge is -2.43. The van der Waals surface area contributed by atoms with Crippen molar-refractivity contribution in [3.05, 3.63) is 0 Å². The molecule has 1 heterocycles. The van der Waals surface area contributed by atoms with Crippen molar-refractivity contribution >= 4 is 0 Å². The Morgan fingerprint density at radius 2 is 1.94 bits per heavy atom. The predicted octanol–water partition coefficient (Wildman–Crippen LogP) is 3.28. The molecular formula is C16H32N2. The van der Waals surface area contributed by atoms with E-state index in [9.17, 15) is 0 Å². The predicted molar refractivity (Wildman–Crippen MR) is 78.9 cm³/mol. The number of likely N-dealkylation sites (tertiary alicyclic amines) is 1. The Morgan fingerprint density at radius 3 is 2.67 bits per heavy atom. The summed E-state index contributed by atoms with van der Waals surface area (Å²) in [5.41, 5.74) is 0. The summed E-state index contributed by atoms with van der Waals surface area (Å²) < 4.78 is 0. The highest BCUT2D eigenvalue weighted by Crippen LogP contribution is 2.29. The Kier molecular flexibility index (Phi) is 5.50. The fourth-order valence-corrected chi connectivity index (χ4v) is 3.66. The molecule has 1 saturated heterocycles. The van der Waals surface area contributed by atoms with Crippen LogP contribution in [0.3, 0.4) is 0 Å². The molecule has 0 aromatic carbocycles. The molecule has 2 aliphatic rings. The van der Waals surface area contributed by atoms with Crippen molar-refractivity contribution in [1.82, 2.24) is 10.2 Å². The number of rotatable bonds is 4. The molecule has 1 saturated carbocycles. The lowest BCUT2D eigenvalue weighted by atomic mass is 9.84. The van der Waals surface area contributed by atoms with Crippen LogP contribution in [0.4, 0.5) is 0 Å². The van der Waals surface area contributed by atoms with E-state index in [0.29, 0.717) is 0 Å². The highest BCUT2D eigenvalue weighted by molar-refractivity contribution is 4.87. The van der Waals surface area contributed by atoms with Crippen molar-refractivity contribution in [2.75, 3.05) is 19.6 Å². The first kappa shape index (κ1) is 14.3. The van der Waals surface area contributed by atoms with Crippen molar-refractivity contribution in [2.24, 2.45) is 11.8 Å². The average molecular weight is 252 g/mol. The van der Waals surface area contributed by atoms with E-state index in [1.165, 1.54) is 58.2 Å². The SMILES string of the molecule is CCCNC1CCCC(N2CCC(C)C(C)C2)C1. The smallest absolute Gasteiger partial charge is 0.0110 e. The van der Waals surface area contributed by atoms with Gasteiger partial charge >= 0.3 is 0 Å². The van der Waals surface area contributed by atoms with Crippen LogP contribution in [0.25, 0.3) is 0 Å². The van der Waals surface area contributed by atoms with E-state index in [0.717, 1.165) is 23.9 Å². The number of piperidine rings is 1. The fourth-order valence-electron chi connectivity index (χ4n) is 3.66. The highest BCUT2D eigenvalue weighted by atomic mass is 15.2. The van der Waals surface area contributed by atoms with Gasteiger partial charge in [-0.2, -0.15) is 0 Å². The van der Waals surface area contributed by atoms with Gasteiger partial charge in [-0.05, 0) is 57.0 Å². The first-order valence-electron chi connectivity index (χ1n) is 8.18. The summed E-state index contributed by atoms with van der Waals surface area (Å²) in [6, 6.07) is 1.65. The topological polar surface area (TPSA) is 15.3 Å². The molecule has 1 aliphatic heterocycles. The van der Waals surface area contributed by atoms with Gasteiger partial charge in [0.1, 0.15) is 0 Å². The van der Waals surface area contributed by atoms with Crippen LogP contribution in [-0.4, -0.2) is 36.6 Å². The maximum atomic E-state index is 3.73. The second-order valence-electron chi connectivity index (χ2n) is 6.71. The third-order valence-corrected chi connectivity index (χ3v) is 5.21. The zero-order chi connectivity index (χ0) is 13.0. The van der Waals surface area contributed by atoms with Crippen LogP contribution in [-0.2, 0) is 0 Å². The summed E-state index contributed by atoms with van der Waals surface area (Å²) in [4.78, 5) is 2.80. The van der Waals surface area contributed by atoms with Crippen molar-refractivity contribution in [3.63, 3.8) is 0 Å². The zero-order valence-electron chi connectivity index (χ0n) is 12.6. The van der Waals surface area contributed by atoms with Crippen LogP contribution < -0.4 is 5.32 Å². The zero-order valence-corrected chi connectivity index (χ0v) is 12.6. The van der Waals surface area contributed by atoms with Crippen molar-refractivity contribution in [3.8, 4) is 0 Å². The lowest BCUT2D eigenvalue weighted by Crippen LogP contribution is -2.49. The van der Waals surface area contributed by atoms with Gasteiger partial charge in [0, 0.05) is 18.6 Å². The Labute approximate surface area is 114 Å². The normalized spacial score (nSPS) is 38.8. The summed E-state index contributed by atoms with van der Waals surface area (Å²) in [6.07, 6.45) is 8.32. The van der Waals surface area contributed by atoms with Crippen LogP contribution in [0.2, 0.25) is 0 Å². The third kappa shape index (κ3) is 3.71. The minimum atomic E-state index is 0.790. The number of hydrogen-bond donors (Lipinski definition) is 1. The van der Waals surface area contributed by atoms with E-state index in [4.69, 9.17) is 0 Å². The van der Waals surface area contributed by atoms with E-state index in [-0.39, 0.29) is 0 Å². The summed E-state index contributed by atoms with van der Waals surface area (Å²) in [5.74, 6) is 1.82. The molecule has 1 N–H and O–H groups in total. The van der Waals surface area contributed by atoms with Gasteiger partial charge in [0.15, 0.2) is 0 Å². The van der Waals surface area contributed by atoms with Gasteiger partial charge in [0.2, 0.25) is 0 Å². The second-order valence-corrected chi connectivity index (χ2v) is 6.71. The van der Waals surface area contributed by atoms with E-state index in [2.05, 4.69) is 31.0 Å². The maximum Gasteiger partial charge on any atom is 0.0110 e. The van der Waals surface area contributed by atoms with E-state index >= 15 is 0 Å². The minimum Gasteiger partial charge on any atom is -0.314 e. The van der Waals surface area contributed by atoms with Crippen LogP contribution >= 0.6 is 0 Å². The summed E-state index contributed by atoms with van der Waals surface area (Å²) in [7, 11) is 0. The third-order valence-electron chi connectivity index (χ3n) is 5.21. The van der Waals surface area contributed by atoms with Crippen LogP contribution in [0.1, 0.15) is 59.3 Å². The van der Waals surface area contributed by atoms with Crippen LogP contribution in [0.5, 0.6) is 0 Å². The first-order chi connectivity index (χ1) is 8.70. The van der Waals surface area contributed by atoms with Gasteiger partial charge in [-0.1, -0.05) is 27.2 Å². The minimum absolute atomic E-state index is 0.790. The van der Waals surface area contributed by atoms with Crippen LogP contribution in [0.15, 0.2) is 0 Å². The van der Waals surface area contributed by atoms with Gasteiger partial charge in [-0.25, -0.2) is 0 Å². The average Bonchev–Trinajstić information content (AvgIpc) is 2.40. The van der Waals surface area contributed by atoms with E-state index in [1.807, 2.05) is 0 Å². The molecule has 2 heteroatoms. The number of nitrogens with one attached hydrogen (secondary N) is 1. The van der Waals surface area contributed by atoms with E-state index < -0.39 is 0 Å². The molecule has 0 radical (unpaired) electrons. The molecule has 2 rings (SSSR count). The summed E-state index contributed by atoms with van der Waals surface area (Å²) >= 11 is 0. The largest absolute Gasteiger partial charge is 0.314 e. The summed E-state index contributed by atoms with van der Waals surface area (Å²) in [6.45, 7) is 11.0. The Morgan fingerprint density at radius 1 is 1.11 bits per heavy atom. The Bertz CT molecular complexity index is 241. The van der Waals surface area contributed by atoms with Crippen molar-refractivity contribution in [1.29, 1.82) is 0 Å². The van der Waals surface area contributed by atoms with Crippen molar-refractivity contribution in [2.45, 2.75) is 71.4 Å². The standard InChI is InChI=1S/C16H32N2/c1-4-9-17-15-6-5-7-16(11-15)18-10-8-13(2)14(3)12-18/h13-17H,4-12H2,1-3H3. The van der Waals surface area contributed by atoms with Gasteiger partial charge in [0.05, 0.1) is 0 Å². The maximum absolute atomic E-state index is 3.73. The lowest BCUT2D eigenvalue weighted by molar-refractivity contribution is 0.0690. The highest BCUT2D eigenvalue weighted by Gasteiger charge is 2.30. The summed E-state index contributed by atoms with van der Waals surface area (Å²) in [5, 5.41) is 3.73. The monoisotopic (exact) mass is 252 g/mol.